The third-order valence-electron chi connectivity index (χ3n) is 5.72. The summed E-state index contributed by atoms with van der Waals surface area (Å²) in [5.74, 6) is 0. The van der Waals surface area contributed by atoms with Crippen LogP contribution >= 0.6 is 22.9 Å². The average molecular weight is 466 g/mol. The van der Waals surface area contributed by atoms with Gasteiger partial charge in [0, 0.05) is 35.3 Å². The number of carbonyl (C=O) groups is 1. The van der Waals surface area contributed by atoms with E-state index >= 15 is 0 Å². The number of thiophene rings is 1. The molecule has 1 unspecified atom stereocenters. The Labute approximate surface area is 183 Å². The molecule has 1 amide bonds. The maximum Gasteiger partial charge on any atom is 0.420 e. The number of alkyl halides is 3. The van der Waals surface area contributed by atoms with Gasteiger partial charge in [0.15, 0.2) is 5.65 Å². The second kappa shape index (κ2) is 7.13. The molecular weight excluding hydrogens is 451 g/mol. The van der Waals surface area contributed by atoms with E-state index in [-0.39, 0.29) is 10.8 Å². The van der Waals surface area contributed by atoms with E-state index in [4.69, 9.17) is 16.0 Å². The Morgan fingerprint density at radius 2 is 2.13 bits per heavy atom. The third-order valence-corrected chi connectivity index (χ3v) is 7.15. The summed E-state index contributed by atoms with van der Waals surface area (Å²) in [5, 5.41) is 2.00. The number of aromatic nitrogens is 2. The molecule has 0 radical (unpaired) electrons. The van der Waals surface area contributed by atoms with Gasteiger partial charge < -0.3 is 9.32 Å². The zero-order valence-corrected chi connectivity index (χ0v) is 17.5. The van der Waals surface area contributed by atoms with Crippen molar-refractivity contribution in [3.8, 4) is 11.1 Å². The van der Waals surface area contributed by atoms with E-state index in [0.29, 0.717) is 36.3 Å². The van der Waals surface area contributed by atoms with E-state index in [1.54, 1.807) is 11.0 Å². The fraction of sp³-hybridized carbons (Fsp3) is 0.238. The summed E-state index contributed by atoms with van der Waals surface area (Å²) in [6.45, 7) is 0.772. The highest BCUT2D eigenvalue weighted by molar-refractivity contribution is 7.10. The average Bonchev–Trinajstić information content (AvgIpc) is 3.52. The predicted molar refractivity (Wildman–Crippen MR) is 110 cm³/mol. The van der Waals surface area contributed by atoms with Crippen molar-refractivity contribution in [2.45, 2.75) is 18.0 Å². The van der Waals surface area contributed by atoms with Crippen LogP contribution in [0, 0.1) is 0 Å². The van der Waals surface area contributed by atoms with Crippen LogP contribution in [0.4, 0.5) is 13.2 Å². The van der Waals surface area contributed by atoms with Crippen molar-refractivity contribution in [2.75, 3.05) is 13.1 Å². The highest BCUT2D eigenvalue weighted by atomic mass is 35.5. The number of nitrogens with zero attached hydrogens (tertiary/aromatic N) is 3. The van der Waals surface area contributed by atoms with E-state index in [1.807, 2.05) is 17.5 Å². The number of pyridine rings is 1. The summed E-state index contributed by atoms with van der Waals surface area (Å²) in [6, 6.07) is 6.41. The van der Waals surface area contributed by atoms with Crippen LogP contribution in [0.1, 0.15) is 22.6 Å². The normalized spacial score (nSPS) is 19.4. The summed E-state index contributed by atoms with van der Waals surface area (Å²) >= 11 is 8.17. The van der Waals surface area contributed by atoms with E-state index < -0.39 is 17.2 Å². The summed E-state index contributed by atoms with van der Waals surface area (Å²) in [6.07, 6.45) is 0.935. The van der Waals surface area contributed by atoms with Crippen molar-refractivity contribution in [3.63, 3.8) is 0 Å². The van der Waals surface area contributed by atoms with Gasteiger partial charge in [0.25, 0.3) is 0 Å². The number of hydrogen-bond donors (Lipinski definition) is 0. The molecule has 0 N–H and O–H groups in total. The van der Waals surface area contributed by atoms with E-state index in [9.17, 15) is 18.0 Å². The lowest BCUT2D eigenvalue weighted by Gasteiger charge is -2.26. The molecule has 1 saturated heterocycles. The molecule has 1 aliphatic heterocycles. The minimum Gasteiger partial charge on any atom is -0.472 e. The van der Waals surface area contributed by atoms with Crippen molar-refractivity contribution in [3.05, 3.63) is 69.7 Å². The molecule has 4 aromatic heterocycles. The zero-order chi connectivity index (χ0) is 21.8. The fourth-order valence-electron chi connectivity index (χ4n) is 4.21. The van der Waals surface area contributed by atoms with Crippen LogP contribution in [0.25, 0.3) is 16.8 Å². The van der Waals surface area contributed by atoms with Crippen molar-refractivity contribution >= 4 is 35.0 Å². The molecule has 5 nitrogen and oxygen atoms in total. The summed E-state index contributed by atoms with van der Waals surface area (Å²) < 4.78 is 48.2. The maximum absolute atomic E-state index is 14.0. The number of halogens is 4. The molecule has 1 aliphatic rings. The molecule has 1 fully saturated rings. The number of amides is 1. The van der Waals surface area contributed by atoms with E-state index in [2.05, 4.69) is 4.98 Å². The summed E-state index contributed by atoms with van der Waals surface area (Å²) in [7, 11) is 0. The molecule has 0 aromatic carbocycles. The number of carbonyl (C=O) groups excluding carboxylic acids is 1. The smallest absolute Gasteiger partial charge is 0.420 e. The van der Waals surface area contributed by atoms with Crippen molar-refractivity contribution in [1.82, 2.24) is 14.3 Å². The second-order valence-electron chi connectivity index (χ2n) is 7.48. The quantitative estimate of drug-likeness (QED) is 0.375. The third kappa shape index (κ3) is 3.14. The van der Waals surface area contributed by atoms with Gasteiger partial charge in [-0.2, -0.15) is 13.2 Å². The van der Waals surface area contributed by atoms with Crippen molar-refractivity contribution in [2.24, 2.45) is 0 Å². The lowest BCUT2D eigenvalue weighted by atomic mass is 9.82. The maximum atomic E-state index is 14.0. The first-order valence-corrected chi connectivity index (χ1v) is 10.6. The Balaban J connectivity index is 1.79. The number of likely N-dealkylation sites (tertiary alicyclic amines) is 1. The molecule has 10 heteroatoms. The van der Waals surface area contributed by atoms with Crippen molar-refractivity contribution in [1.29, 1.82) is 0 Å². The van der Waals surface area contributed by atoms with Crippen LogP contribution in [0.15, 0.2) is 52.8 Å². The minimum atomic E-state index is -4.63. The highest BCUT2D eigenvalue weighted by Gasteiger charge is 2.46. The topological polar surface area (TPSA) is 50.8 Å². The van der Waals surface area contributed by atoms with E-state index in [0.717, 1.165) is 17.4 Å². The number of furan rings is 1. The molecule has 160 valence electrons. The van der Waals surface area contributed by atoms with Crippen LogP contribution < -0.4 is 0 Å². The first kappa shape index (κ1) is 20.1. The number of rotatable bonds is 4. The molecule has 4 aromatic rings. The van der Waals surface area contributed by atoms with E-state index in [1.165, 1.54) is 34.5 Å². The van der Waals surface area contributed by atoms with Crippen LogP contribution in [0.2, 0.25) is 5.15 Å². The molecular formula is C21H15ClF3N3O2S. The highest BCUT2D eigenvalue weighted by Crippen LogP contribution is 2.46. The Morgan fingerprint density at radius 1 is 1.29 bits per heavy atom. The van der Waals surface area contributed by atoms with Gasteiger partial charge in [0.2, 0.25) is 6.41 Å². The van der Waals surface area contributed by atoms with Gasteiger partial charge in [-0.25, -0.2) is 4.98 Å². The lowest BCUT2D eigenvalue weighted by Crippen LogP contribution is -2.31. The monoisotopic (exact) mass is 465 g/mol. The molecule has 1 atom stereocenters. The van der Waals surface area contributed by atoms with Gasteiger partial charge in [-0.3, -0.25) is 9.20 Å². The zero-order valence-electron chi connectivity index (χ0n) is 15.9. The van der Waals surface area contributed by atoms with Gasteiger partial charge in [-0.05, 0) is 30.0 Å². The standard InChI is InChI=1S/C21H15ClF3N3O2S/c22-18-17(20(16-2-1-7-31-16)4-5-27(11-20)12-29)26-19-15(21(23,24)25)8-14(9-28(18)19)13-3-6-30-10-13/h1-3,6-10,12H,4-5,11H2. The van der Waals surface area contributed by atoms with Gasteiger partial charge in [0.05, 0.1) is 29.2 Å². The molecule has 31 heavy (non-hydrogen) atoms. The van der Waals surface area contributed by atoms with Gasteiger partial charge in [-0.15, -0.1) is 11.3 Å². The number of hydrogen-bond acceptors (Lipinski definition) is 4. The van der Waals surface area contributed by atoms with Crippen LogP contribution in [-0.4, -0.2) is 33.8 Å². The number of imidazole rings is 1. The largest absolute Gasteiger partial charge is 0.472 e. The van der Waals surface area contributed by atoms with Crippen LogP contribution in [0.3, 0.4) is 0 Å². The first-order chi connectivity index (χ1) is 14.8. The van der Waals surface area contributed by atoms with Crippen molar-refractivity contribution < 1.29 is 22.4 Å². The molecule has 0 bridgehead atoms. The van der Waals surface area contributed by atoms with Crippen LogP contribution in [0.5, 0.6) is 0 Å². The van der Waals surface area contributed by atoms with Crippen LogP contribution in [-0.2, 0) is 16.4 Å². The molecule has 0 aliphatic carbocycles. The molecule has 0 saturated carbocycles. The molecule has 5 rings (SSSR count). The Hall–Kier alpha value is -2.78. The lowest BCUT2D eigenvalue weighted by molar-refractivity contribution is -0.136. The SMILES string of the molecule is O=CN1CCC(c2cccs2)(c2nc3c(C(F)(F)F)cc(-c4ccoc4)cn3c2Cl)C1. The Kier molecular flexibility index (Phi) is 4.63. The second-order valence-corrected chi connectivity index (χ2v) is 8.79. The Bertz CT molecular complexity index is 1250. The summed E-state index contributed by atoms with van der Waals surface area (Å²) in [4.78, 5) is 18.4. The van der Waals surface area contributed by atoms with Gasteiger partial charge >= 0.3 is 6.18 Å². The predicted octanol–water partition coefficient (Wildman–Crippen LogP) is 5.48. The summed E-state index contributed by atoms with van der Waals surface area (Å²) in [5.41, 5.74) is -0.760. The van der Waals surface area contributed by atoms with Gasteiger partial charge in [0.1, 0.15) is 5.15 Å². The molecule has 0 spiro atoms. The fourth-order valence-corrected chi connectivity index (χ4v) is 5.51. The number of fused-ring (bicyclic) bond motifs is 1. The first-order valence-electron chi connectivity index (χ1n) is 9.39. The molecule has 5 heterocycles. The Morgan fingerprint density at radius 3 is 2.74 bits per heavy atom. The minimum absolute atomic E-state index is 0.104. The van der Waals surface area contributed by atoms with Gasteiger partial charge in [-0.1, -0.05) is 17.7 Å².